The van der Waals surface area contributed by atoms with Gasteiger partial charge in [-0.1, -0.05) is 36.0 Å². The van der Waals surface area contributed by atoms with Gasteiger partial charge in [-0.3, -0.25) is 10.1 Å². The molecule has 1 amide bonds. The van der Waals surface area contributed by atoms with Crippen LogP contribution in [0.2, 0.25) is 0 Å². The lowest BCUT2D eigenvalue weighted by atomic mass is 10.0. The number of amides is 1. The summed E-state index contributed by atoms with van der Waals surface area (Å²) in [5, 5.41) is 10.4. The Morgan fingerprint density at radius 2 is 2.16 bits per heavy atom. The molecule has 2 heterocycles. The minimum Gasteiger partial charge on any atom is -0.296 e. The van der Waals surface area contributed by atoms with Crippen LogP contribution < -0.4 is 5.32 Å². The predicted octanol–water partition coefficient (Wildman–Crippen LogP) is 2.52. The minimum atomic E-state index is -3.65. The van der Waals surface area contributed by atoms with E-state index in [2.05, 4.69) is 15.5 Å². The summed E-state index contributed by atoms with van der Waals surface area (Å²) < 4.78 is 26.7. The Hall–Kier alpha value is -1.84. The van der Waals surface area contributed by atoms with E-state index in [0.717, 1.165) is 29.7 Å². The normalized spacial score (nSPS) is 18.9. The molecule has 1 unspecified atom stereocenters. The van der Waals surface area contributed by atoms with Crippen LogP contribution in [0.1, 0.15) is 35.7 Å². The standard InChI is InChI=1S/C16H20N4O3S2/c1-11-5-3-7-13(9-11)14(21)17-15-18-19-16(24-15)25(22,23)20-8-4-6-12(2)10-20/h3,5,7,9,12H,4,6,8,10H2,1-2H3,(H,17,18,21). The molecule has 1 aliphatic heterocycles. The van der Waals surface area contributed by atoms with E-state index in [1.165, 1.54) is 4.31 Å². The van der Waals surface area contributed by atoms with Gasteiger partial charge in [-0.25, -0.2) is 8.42 Å². The van der Waals surface area contributed by atoms with Crippen molar-refractivity contribution in [1.82, 2.24) is 14.5 Å². The highest BCUT2D eigenvalue weighted by molar-refractivity contribution is 7.91. The van der Waals surface area contributed by atoms with Gasteiger partial charge in [-0.2, -0.15) is 4.31 Å². The molecule has 2 aromatic rings. The number of carbonyl (C=O) groups excluding carboxylic acids is 1. The number of nitrogens with one attached hydrogen (secondary N) is 1. The van der Waals surface area contributed by atoms with Crippen molar-refractivity contribution in [3.63, 3.8) is 0 Å². The fourth-order valence-corrected chi connectivity index (χ4v) is 5.43. The van der Waals surface area contributed by atoms with Crippen LogP contribution in [0, 0.1) is 12.8 Å². The maximum atomic E-state index is 12.7. The number of aromatic nitrogens is 2. The zero-order valence-corrected chi connectivity index (χ0v) is 15.7. The van der Waals surface area contributed by atoms with E-state index in [-0.39, 0.29) is 15.4 Å². The molecule has 1 fully saturated rings. The van der Waals surface area contributed by atoms with Crippen molar-refractivity contribution < 1.29 is 13.2 Å². The molecular formula is C16H20N4O3S2. The number of anilines is 1. The Morgan fingerprint density at radius 1 is 1.36 bits per heavy atom. The van der Waals surface area contributed by atoms with Crippen LogP contribution in [0.25, 0.3) is 0 Å². The number of rotatable bonds is 4. The molecule has 0 radical (unpaired) electrons. The van der Waals surface area contributed by atoms with Crippen molar-refractivity contribution in [1.29, 1.82) is 0 Å². The van der Waals surface area contributed by atoms with Crippen LogP contribution in [0.5, 0.6) is 0 Å². The highest BCUT2D eigenvalue weighted by Gasteiger charge is 2.31. The number of hydrogen-bond donors (Lipinski definition) is 1. The first kappa shape index (κ1) is 18.0. The average molecular weight is 380 g/mol. The van der Waals surface area contributed by atoms with E-state index in [4.69, 9.17) is 0 Å². The number of aryl methyl sites for hydroxylation is 1. The van der Waals surface area contributed by atoms with Gasteiger partial charge in [0.25, 0.3) is 15.9 Å². The molecule has 25 heavy (non-hydrogen) atoms. The number of piperidine rings is 1. The molecule has 1 saturated heterocycles. The van der Waals surface area contributed by atoms with E-state index >= 15 is 0 Å². The highest BCUT2D eigenvalue weighted by atomic mass is 32.2. The van der Waals surface area contributed by atoms with Gasteiger partial charge in [-0.05, 0) is 37.8 Å². The molecular weight excluding hydrogens is 360 g/mol. The maximum Gasteiger partial charge on any atom is 0.272 e. The Balaban J connectivity index is 1.74. The maximum absolute atomic E-state index is 12.7. The molecule has 134 valence electrons. The quantitative estimate of drug-likeness (QED) is 0.823. The number of carbonyl (C=O) groups is 1. The van der Waals surface area contributed by atoms with Gasteiger partial charge >= 0.3 is 0 Å². The summed E-state index contributed by atoms with van der Waals surface area (Å²) in [6.45, 7) is 4.92. The first-order valence-electron chi connectivity index (χ1n) is 8.08. The van der Waals surface area contributed by atoms with Gasteiger partial charge in [0, 0.05) is 18.7 Å². The number of benzene rings is 1. The molecule has 1 N–H and O–H groups in total. The zero-order valence-electron chi connectivity index (χ0n) is 14.1. The lowest BCUT2D eigenvalue weighted by molar-refractivity contribution is 0.102. The lowest BCUT2D eigenvalue weighted by Crippen LogP contribution is -2.39. The fraction of sp³-hybridized carbons (Fsp3) is 0.438. The van der Waals surface area contributed by atoms with Gasteiger partial charge in [0.1, 0.15) is 0 Å². The van der Waals surface area contributed by atoms with Crippen molar-refractivity contribution in [2.24, 2.45) is 5.92 Å². The van der Waals surface area contributed by atoms with E-state index in [0.29, 0.717) is 24.6 Å². The molecule has 3 rings (SSSR count). The Morgan fingerprint density at radius 3 is 2.88 bits per heavy atom. The number of nitrogens with zero attached hydrogens (tertiary/aromatic N) is 3. The summed E-state index contributed by atoms with van der Waals surface area (Å²) in [6, 6.07) is 7.13. The Kier molecular flexibility index (Phi) is 5.16. The number of sulfonamides is 1. The second kappa shape index (κ2) is 7.19. The molecule has 7 nitrogen and oxygen atoms in total. The van der Waals surface area contributed by atoms with E-state index in [1.807, 2.05) is 19.9 Å². The predicted molar refractivity (Wildman–Crippen MR) is 96.2 cm³/mol. The smallest absolute Gasteiger partial charge is 0.272 e. The van der Waals surface area contributed by atoms with Crippen LogP contribution in [0.4, 0.5) is 5.13 Å². The lowest BCUT2D eigenvalue weighted by Gasteiger charge is -2.28. The topological polar surface area (TPSA) is 92.3 Å². The average Bonchev–Trinajstić information content (AvgIpc) is 3.04. The first-order valence-corrected chi connectivity index (χ1v) is 10.3. The van der Waals surface area contributed by atoms with Crippen molar-refractivity contribution in [3.8, 4) is 0 Å². The van der Waals surface area contributed by atoms with E-state index in [9.17, 15) is 13.2 Å². The fourth-order valence-electron chi connectivity index (χ4n) is 2.80. The third-order valence-corrected chi connectivity index (χ3v) is 7.14. The van der Waals surface area contributed by atoms with Crippen LogP contribution in [-0.4, -0.2) is 41.9 Å². The summed E-state index contributed by atoms with van der Waals surface area (Å²) in [6.07, 6.45) is 1.87. The molecule has 0 saturated carbocycles. The molecule has 0 bridgehead atoms. The van der Waals surface area contributed by atoms with E-state index in [1.54, 1.807) is 18.2 Å². The largest absolute Gasteiger partial charge is 0.296 e. The molecule has 0 aliphatic carbocycles. The molecule has 1 aromatic carbocycles. The minimum absolute atomic E-state index is 0.0823. The highest BCUT2D eigenvalue weighted by Crippen LogP contribution is 2.27. The zero-order chi connectivity index (χ0) is 18.0. The van der Waals surface area contributed by atoms with Crippen LogP contribution in [0.3, 0.4) is 0 Å². The summed E-state index contributed by atoms with van der Waals surface area (Å²) in [5.41, 5.74) is 1.46. The summed E-state index contributed by atoms with van der Waals surface area (Å²) in [5.74, 6) is -0.00710. The third kappa shape index (κ3) is 4.05. The van der Waals surface area contributed by atoms with Crippen molar-refractivity contribution >= 4 is 32.4 Å². The van der Waals surface area contributed by atoms with E-state index < -0.39 is 10.0 Å². The molecule has 1 aromatic heterocycles. The molecule has 1 aliphatic rings. The Bertz CT molecular complexity index is 879. The Labute approximate surface area is 151 Å². The molecule has 9 heteroatoms. The second-order valence-corrected chi connectivity index (χ2v) is 9.40. The first-order chi connectivity index (χ1) is 11.9. The third-order valence-electron chi connectivity index (χ3n) is 4.09. The van der Waals surface area contributed by atoms with Gasteiger partial charge in [0.2, 0.25) is 9.47 Å². The van der Waals surface area contributed by atoms with Crippen LogP contribution in [-0.2, 0) is 10.0 Å². The van der Waals surface area contributed by atoms with Gasteiger partial charge in [-0.15, -0.1) is 10.2 Å². The SMILES string of the molecule is Cc1cccc(C(=O)Nc2nnc(S(=O)(=O)N3CCCC(C)C3)s2)c1. The van der Waals surface area contributed by atoms with Crippen LogP contribution >= 0.6 is 11.3 Å². The van der Waals surface area contributed by atoms with Crippen molar-refractivity contribution in [2.45, 2.75) is 31.0 Å². The van der Waals surface area contributed by atoms with Gasteiger partial charge in [0.05, 0.1) is 0 Å². The summed E-state index contributed by atoms with van der Waals surface area (Å²) in [4.78, 5) is 12.2. The van der Waals surface area contributed by atoms with Crippen LogP contribution in [0.15, 0.2) is 28.6 Å². The number of hydrogen-bond acceptors (Lipinski definition) is 6. The summed E-state index contributed by atoms with van der Waals surface area (Å²) >= 11 is 0.878. The van der Waals surface area contributed by atoms with Crippen molar-refractivity contribution in [2.75, 3.05) is 18.4 Å². The van der Waals surface area contributed by atoms with Gasteiger partial charge < -0.3 is 0 Å². The second-order valence-electron chi connectivity index (χ2n) is 6.31. The van der Waals surface area contributed by atoms with Gasteiger partial charge in [0.15, 0.2) is 0 Å². The van der Waals surface area contributed by atoms with Crippen molar-refractivity contribution in [3.05, 3.63) is 35.4 Å². The monoisotopic (exact) mass is 380 g/mol. The molecule has 1 atom stereocenters. The molecule has 0 spiro atoms. The summed E-state index contributed by atoms with van der Waals surface area (Å²) in [7, 11) is -3.65.